The average Bonchev–Trinajstić information content (AvgIpc) is 2.40. The smallest absolute Gasteiger partial charge is 0.385 e. The predicted octanol–water partition coefficient (Wildman–Crippen LogP) is -4.68. The van der Waals surface area contributed by atoms with Crippen LogP contribution in [0.1, 0.15) is 6.42 Å². The van der Waals surface area contributed by atoms with Crippen molar-refractivity contribution in [3.63, 3.8) is 0 Å². The van der Waals surface area contributed by atoms with E-state index in [9.17, 15) is 30.3 Å². The van der Waals surface area contributed by atoms with Crippen LogP contribution in [-0.2, 0) is 14.4 Å². The van der Waals surface area contributed by atoms with Crippen LogP contribution >= 0.6 is 0 Å². The maximum Gasteiger partial charge on any atom is 0.385 e. The molecule has 0 radical (unpaired) electrons. The lowest BCUT2D eigenvalue weighted by molar-refractivity contribution is -0.315. The molecule has 0 aromatic carbocycles. The molecular formula is C9H17NO9. The van der Waals surface area contributed by atoms with E-state index >= 15 is 0 Å². The molecule has 19 heavy (non-hydrogen) atoms. The van der Waals surface area contributed by atoms with Crippen molar-refractivity contribution in [2.45, 2.75) is 42.7 Å². The molecular weight excluding hydrogens is 266 g/mol. The van der Waals surface area contributed by atoms with E-state index in [-0.39, 0.29) is 0 Å². The Hall–Kier alpha value is -0.850. The van der Waals surface area contributed by atoms with Gasteiger partial charge in [0, 0.05) is 6.42 Å². The van der Waals surface area contributed by atoms with Crippen molar-refractivity contribution in [2.75, 3.05) is 6.61 Å². The molecule has 1 aliphatic rings. The number of rotatable bonds is 4. The van der Waals surface area contributed by atoms with Crippen LogP contribution in [0.3, 0.4) is 0 Å². The third-order valence-electron chi connectivity index (χ3n) is 2.89. The summed E-state index contributed by atoms with van der Waals surface area (Å²) >= 11 is 0. The molecule has 1 saturated heterocycles. The lowest BCUT2D eigenvalue weighted by Gasteiger charge is -2.42. The second-order valence-corrected chi connectivity index (χ2v) is 4.27. The van der Waals surface area contributed by atoms with E-state index in [1.165, 1.54) is 0 Å². The molecule has 0 bridgehead atoms. The van der Waals surface area contributed by atoms with Gasteiger partial charge in [0.2, 0.25) is 0 Å². The van der Waals surface area contributed by atoms with Crippen molar-refractivity contribution in [3.05, 3.63) is 0 Å². The summed E-state index contributed by atoms with van der Waals surface area (Å²) < 4.78 is 4.76. The van der Waals surface area contributed by atoms with Crippen molar-refractivity contribution in [2.24, 2.45) is 5.90 Å². The summed E-state index contributed by atoms with van der Waals surface area (Å²) in [6.45, 7) is -0.858. The van der Waals surface area contributed by atoms with Crippen LogP contribution in [0.2, 0.25) is 0 Å². The van der Waals surface area contributed by atoms with Gasteiger partial charge in [0.05, 0.1) is 12.7 Å². The molecule has 1 aliphatic heterocycles. The van der Waals surface area contributed by atoms with Gasteiger partial charge in [0.1, 0.15) is 24.4 Å². The minimum atomic E-state index is -2.67. The van der Waals surface area contributed by atoms with Gasteiger partial charge in [-0.2, -0.15) is 5.90 Å². The molecule has 6 unspecified atom stereocenters. The Bertz CT molecular complexity index is 327. The fourth-order valence-electron chi connectivity index (χ4n) is 1.79. The summed E-state index contributed by atoms with van der Waals surface area (Å²) in [6.07, 6.45) is -9.35. The highest BCUT2D eigenvalue weighted by molar-refractivity contribution is 5.77. The van der Waals surface area contributed by atoms with Gasteiger partial charge in [0.15, 0.2) is 0 Å². The topological polar surface area (TPSA) is 183 Å². The maximum absolute atomic E-state index is 11.2. The fourth-order valence-corrected chi connectivity index (χ4v) is 1.79. The molecule has 0 aliphatic carbocycles. The van der Waals surface area contributed by atoms with Crippen LogP contribution in [0.25, 0.3) is 0 Å². The molecule has 0 aromatic heterocycles. The van der Waals surface area contributed by atoms with Crippen molar-refractivity contribution in [3.8, 4) is 0 Å². The first-order chi connectivity index (χ1) is 8.76. The molecule has 10 heteroatoms. The molecule has 10 nitrogen and oxygen atoms in total. The molecule has 6 atom stereocenters. The van der Waals surface area contributed by atoms with Crippen molar-refractivity contribution in [1.29, 1.82) is 0 Å². The summed E-state index contributed by atoms with van der Waals surface area (Å²) in [7, 11) is 0. The predicted molar refractivity (Wildman–Crippen MR) is 55.8 cm³/mol. The summed E-state index contributed by atoms with van der Waals surface area (Å²) in [5, 5.41) is 56.5. The Kier molecular flexibility index (Phi) is 5.18. The average molecular weight is 283 g/mol. The van der Waals surface area contributed by atoms with Crippen LogP contribution < -0.4 is 5.90 Å². The number of carbonyl (C=O) groups is 1. The van der Waals surface area contributed by atoms with Crippen LogP contribution in [0.4, 0.5) is 0 Å². The summed E-state index contributed by atoms with van der Waals surface area (Å²) in [6, 6.07) is 0. The first kappa shape index (κ1) is 16.2. The Morgan fingerprint density at radius 2 is 2.05 bits per heavy atom. The number of hydrogen-bond donors (Lipinski definition) is 7. The van der Waals surface area contributed by atoms with Gasteiger partial charge in [-0.3, -0.25) is 0 Å². The van der Waals surface area contributed by atoms with E-state index in [1.54, 1.807) is 0 Å². The molecule has 1 heterocycles. The van der Waals surface area contributed by atoms with E-state index in [4.69, 9.17) is 9.84 Å². The van der Waals surface area contributed by atoms with Gasteiger partial charge in [0.25, 0.3) is 5.79 Å². The van der Waals surface area contributed by atoms with Crippen LogP contribution in [0, 0.1) is 0 Å². The van der Waals surface area contributed by atoms with Crippen molar-refractivity contribution < 1.29 is 45.0 Å². The van der Waals surface area contributed by atoms with Gasteiger partial charge in [-0.15, -0.1) is 0 Å². The molecule has 1 fully saturated rings. The Morgan fingerprint density at radius 1 is 1.47 bits per heavy atom. The molecule has 0 aromatic rings. The van der Waals surface area contributed by atoms with Crippen LogP contribution in [0.15, 0.2) is 0 Å². The Balaban J connectivity index is 2.94. The monoisotopic (exact) mass is 283 g/mol. The Morgan fingerprint density at radius 3 is 2.53 bits per heavy atom. The third-order valence-corrected chi connectivity index (χ3v) is 2.89. The minimum Gasteiger partial charge on any atom is -0.394 e. The van der Waals surface area contributed by atoms with Gasteiger partial charge in [-0.05, 0) is 0 Å². The lowest BCUT2D eigenvalue weighted by Crippen LogP contribution is -2.63. The molecule has 8 N–H and O–H groups in total. The molecule has 112 valence electrons. The number of carbonyl (C=O) groups excluding carboxylic acids is 1. The normalized spacial score (nSPS) is 38.6. The maximum atomic E-state index is 11.2. The summed E-state index contributed by atoms with van der Waals surface area (Å²) in [5.74, 6) is 0.482. The van der Waals surface area contributed by atoms with Gasteiger partial charge < -0.3 is 40.2 Å². The van der Waals surface area contributed by atoms with E-state index in [2.05, 4.69) is 10.7 Å². The number of aliphatic hydroxyl groups is 6. The highest BCUT2D eigenvalue weighted by Gasteiger charge is 2.53. The van der Waals surface area contributed by atoms with Crippen LogP contribution in [0.5, 0.6) is 0 Å². The molecule has 1 rings (SSSR count). The number of hydrogen-bond acceptors (Lipinski definition) is 10. The highest BCUT2D eigenvalue weighted by atomic mass is 16.7. The van der Waals surface area contributed by atoms with Gasteiger partial charge in [-0.25, -0.2) is 4.79 Å². The summed E-state index contributed by atoms with van der Waals surface area (Å²) in [4.78, 5) is 15.0. The SMILES string of the molecule is NOC(=O)C1(O)CC(O)C(O)C(C(O)C(O)CO)O1. The zero-order valence-electron chi connectivity index (χ0n) is 9.79. The standard InChI is InChI=1S/C9H17NO9/c10-19-8(16)9(17)1-3(12)5(14)7(18-9)6(15)4(13)2-11/h3-7,11-15,17H,1-2,10H2. The number of aliphatic hydroxyl groups excluding tert-OH is 5. The first-order valence-corrected chi connectivity index (χ1v) is 5.41. The molecule has 0 amide bonds. The van der Waals surface area contributed by atoms with Crippen molar-refractivity contribution in [1.82, 2.24) is 0 Å². The van der Waals surface area contributed by atoms with E-state index in [1.807, 2.05) is 0 Å². The second-order valence-electron chi connectivity index (χ2n) is 4.27. The Labute approximate surface area is 107 Å². The van der Waals surface area contributed by atoms with Gasteiger partial charge >= 0.3 is 5.97 Å². The fraction of sp³-hybridized carbons (Fsp3) is 0.889. The van der Waals surface area contributed by atoms with Crippen molar-refractivity contribution >= 4 is 5.97 Å². The molecule has 0 spiro atoms. The summed E-state index contributed by atoms with van der Waals surface area (Å²) in [5.41, 5.74) is 0. The quantitative estimate of drug-likeness (QED) is 0.247. The number of ether oxygens (including phenoxy) is 1. The second kappa shape index (κ2) is 6.07. The lowest BCUT2D eigenvalue weighted by atomic mass is 9.91. The largest absolute Gasteiger partial charge is 0.394 e. The zero-order chi connectivity index (χ0) is 14.8. The van der Waals surface area contributed by atoms with Crippen LogP contribution in [-0.4, -0.2) is 79.5 Å². The van der Waals surface area contributed by atoms with Gasteiger partial charge in [-0.1, -0.05) is 0 Å². The third kappa shape index (κ3) is 3.19. The van der Waals surface area contributed by atoms with E-state index in [0.29, 0.717) is 0 Å². The van der Waals surface area contributed by atoms with E-state index < -0.39 is 55.3 Å². The zero-order valence-corrected chi connectivity index (χ0v) is 9.79. The molecule has 0 saturated carbocycles. The highest BCUT2D eigenvalue weighted by Crippen LogP contribution is 2.30. The number of nitrogens with two attached hydrogens (primary N) is 1. The van der Waals surface area contributed by atoms with E-state index in [0.717, 1.165) is 0 Å². The first-order valence-electron chi connectivity index (χ1n) is 5.41. The minimum absolute atomic E-state index is 0.733.